The van der Waals surface area contributed by atoms with Gasteiger partial charge in [0, 0.05) is 6.54 Å². The van der Waals surface area contributed by atoms with E-state index in [0.717, 1.165) is 19.4 Å². The average molecular weight is 448 g/mol. The van der Waals surface area contributed by atoms with Crippen LogP contribution in [0.1, 0.15) is 36.5 Å². The molecule has 1 fully saturated rings. The van der Waals surface area contributed by atoms with Crippen LogP contribution in [0.5, 0.6) is 0 Å². The smallest absolute Gasteiger partial charge is 0.163 e. The van der Waals surface area contributed by atoms with Crippen LogP contribution in [0.15, 0.2) is 91.0 Å². The third-order valence-electron chi connectivity index (χ3n) is 5.98. The number of hydrogen-bond acceptors (Lipinski definition) is 2. The van der Waals surface area contributed by atoms with Crippen molar-refractivity contribution >= 4 is 21.7 Å². The zero-order valence-electron chi connectivity index (χ0n) is 16.7. The summed E-state index contributed by atoms with van der Waals surface area (Å²) in [5, 5.41) is 0. The topological polar surface area (TPSA) is 20.3 Å². The van der Waals surface area contributed by atoms with Crippen molar-refractivity contribution in [3.05, 3.63) is 108 Å². The van der Waals surface area contributed by atoms with Crippen molar-refractivity contribution in [1.82, 2.24) is 4.90 Å². The lowest BCUT2D eigenvalue weighted by Gasteiger charge is -2.46. The standard InChI is InChI=1S/C26H26BrNO/c1-20(27)25(29)24-18-11-19-28(24)26(21-12-5-2-6-13-21,22-14-7-3-8-15-22)23-16-9-4-10-17-23/h2-10,12-17,20,24H,11,18-19H2,1H3/t20?,24-/m0/s1. The van der Waals surface area contributed by atoms with E-state index in [1.165, 1.54) is 16.7 Å². The molecule has 29 heavy (non-hydrogen) atoms. The van der Waals surface area contributed by atoms with Gasteiger partial charge in [-0.1, -0.05) is 107 Å². The largest absolute Gasteiger partial charge is 0.297 e. The van der Waals surface area contributed by atoms with Gasteiger partial charge in [-0.15, -0.1) is 0 Å². The minimum Gasteiger partial charge on any atom is -0.297 e. The van der Waals surface area contributed by atoms with Gasteiger partial charge in [-0.25, -0.2) is 0 Å². The minimum atomic E-state index is -0.511. The Bertz CT molecular complexity index is 844. The molecule has 0 aromatic heterocycles. The van der Waals surface area contributed by atoms with Crippen LogP contribution in [0.3, 0.4) is 0 Å². The molecule has 3 aromatic carbocycles. The van der Waals surface area contributed by atoms with E-state index in [0.29, 0.717) is 0 Å². The lowest BCUT2D eigenvalue weighted by Crippen LogP contribution is -2.53. The van der Waals surface area contributed by atoms with E-state index in [4.69, 9.17) is 0 Å². The number of hydrogen-bond donors (Lipinski definition) is 0. The predicted octanol–water partition coefficient (Wildman–Crippen LogP) is 5.80. The number of Topliss-reactive ketones (excluding diaryl/α,β-unsaturated/α-hetero) is 1. The summed E-state index contributed by atoms with van der Waals surface area (Å²) >= 11 is 3.54. The molecule has 1 unspecified atom stereocenters. The maximum Gasteiger partial charge on any atom is 0.163 e. The molecule has 1 heterocycles. The highest BCUT2D eigenvalue weighted by Crippen LogP contribution is 2.46. The molecule has 2 nitrogen and oxygen atoms in total. The first-order valence-corrected chi connectivity index (χ1v) is 11.2. The van der Waals surface area contributed by atoms with Crippen LogP contribution in [0, 0.1) is 0 Å². The van der Waals surface area contributed by atoms with Gasteiger partial charge >= 0.3 is 0 Å². The van der Waals surface area contributed by atoms with Crippen LogP contribution >= 0.6 is 15.9 Å². The Balaban J connectivity index is 2.02. The molecule has 0 N–H and O–H groups in total. The molecule has 3 heteroatoms. The average Bonchev–Trinajstić information content (AvgIpc) is 3.26. The summed E-state index contributed by atoms with van der Waals surface area (Å²) in [6, 6.07) is 31.7. The fourth-order valence-electron chi connectivity index (χ4n) is 4.76. The first-order valence-electron chi connectivity index (χ1n) is 10.3. The third kappa shape index (κ3) is 3.58. The van der Waals surface area contributed by atoms with Gasteiger partial charge in [0.2, 0.25) is 0 Å². The van der Waals surface area contributed by atoms with Gasteiger partial charge < -0.3 is 0 Å². The predicted molar refractivity (Wildman–Crippen MR) is 122 cm³/mol. The number of ketones is 1. The number of nitrogens with zero attached hydrogens (tertiary/aromatic N) is 1. The summed E-state index contributed by atoms with van der Waals surface area (Å²) in [4.78, 5) is 15.5. The van der Waals surface area contributed by atoms with Crippen molar-refractivity contribution in [2.24, 2.45) is 0 Å². The highest BCUT2D eigenvalue weighted by Gasteiger charge is 2.48. The van der Waals surface area contributed by atoms with Gasteiger partial charge in [0.05, 0.1) is 16.4 Å². The molecule has 4 rings (SSSR count). The van der Waals surface area contributed by atoms with Crippen molar-refractivity contribution < 1.29 is 4.79 Å². The lowest BCUT2D eigenvalue weighted by molar-refractivity contribution is -0.123. The Kier molecular flexibility index (Phi) is 5.98. The molecule has 0 bridgehead atoms. The summed E-state index contributed by atoms with van der Waals surface area (Å²) < 4.78 is 0. The molecule has 0 amide bonds. The zero-order valence-corrected chi connectivity index (χ0v) is 18.3. The second-order valence-electron chi connectivity index (χ2n) is 7.68. The number of likely N-dealkylation sites (tertiary alicyclic amines) is 1. The van der Waals surface area contributed by atoms with E-state index < -0.39 is 5.54 Å². The maximum atomic E-state index is 13.2. The van der Waals surface area contributed by atoms with Gasteiger partial charge in [-0.05, 0) is 36.5 Å². The van der Waals surface area contributed by atoms with E-state index in [9.17, 15) is 4.79 Å². The maximum absolute atomic E-state index is 13.2. The molecular formula is C26H26BrNO. The fraction of sp³-hybridized carbons (Fsp3) is 0.269. The first kappa shape index (κ1) is 20.1. The van der Waals surface area contributed by atoms with Crippen LogP contribution in [-0.2, 0) is 10.3 Å². The molecule has 0 radical (unpaired) electrons. The van der Waals surface area contributed by atoms with E-state index in [2.05, 4.69) is 112 Å². The number of rotatable bonds is 6. The van der Waals surface area contributed by atoms with Crippen LogP contribution in [0.4, 0.5) is 0 Å². The lowest BCUT2D eigenvalue weighted by atomic mass is 9.75. The van der Waals surface area contributed by atoms with Crippen LogP contribution in [0.2, 0.25) is 0 Å². The van der Waals surface area contributed by atoms with Crippen molar-refractivity contribution in [2.75, 3.05) is 6.54 Å². The highest BCUT2D eigenvalue weighted by atomic mass is 79.9. The summed E-state index contributed by atoms with van der Waals surface area (Å²) in [5.41, 5.74) is 3.07. The van der Waals surface area contributed by atoms with Gasteiger partial charge in [-0.3, -0.25) is 9.69 Å². The van der Waals surface area contributed by atoms with Crippen molar-refractivity contribution in [3.8, 4) is 0 Å². The van der Waals surface area contributed by atoms with Crippen LogP contribution < -0.4 is 0 Å². The van der Waals surface area contributed by atoms with Crippen LogP contribution in [0.25, 0.3) is 0 Å². The highest BCUT2D eigenvalue weighted by molar-refractivity contribution is 9.10. The quantitative estimate of drug-likeness (QED) is 0.351. The minimum absolute atomic E-state index is 0.120. The molecule has 1 saturated heterocycles. The van der Waals surface area contributed by atoms with Crippen molar-refractivity contribution in [1.29, 1.82) is 0 Å². The summed E-state index contributed by atoms with van der Waals surface area (Å²) in [6.07, 6.45) is 1.91. The Morgan fingerprint density at radius 3 is 1.66 bits per heavy atom. The Labute approximate surface area is 181 Å². The number of carbonyl (C=O) groups excluding carboxylic acids is 1. The first-order chi connectivity index (χ1) is 14.2. The summed E-state index contributed by atoms with van der Waals surface area (Å²) in [7, 11) is 0. The van der Waals surface area contributed by atoms with Crippen LogP contribution in [-0.4, -0.2) is 28.1 Å². The van der Waals surface area contributed by atoms with Gasteiger partial charge in [0.1, 0.15) is 0 Å². The molecule has 2 atom stereocenters. The second kappa shape index (κ2) is 8.64. The molecule has 1 aliphatic rings. The SMILES string of the molecule is CC(Br)C(=O)[C@@H]1CCCN1C(c1ccccc1)(c1ccccc1)c1ccccc1. The van der Waals surface area contributed by atoms with E-state index in [-0.39, 0.29) is 16.7 Å². The molecule has 0 saturated carbocycles. The molecular weight excluding hydrogens is 422 g/mol. The van der Waals surface area contributed by atoms with Crippen molar-refractivity contribution in [2.45, 2.75) is 36.2 Å². The molecule has 0 spiro atoms. The number of alkyl halides is 1. The van der Waals surface area contributed by atoms with Gasteiger partial charge in [-0.2, -0.15) is 0 Å². The van der Waals surface area contributed by atoms with E-state index in [1.54, 1.807) is 0 Å². The Hall–Kier alpha value is -2.23. The summed E-state index contributed by atoms with van der Waals surface area (Å²) in [5.74, 6) is 0.259. The second-order valence-corrected chi connectivity index (χ2v) is 9.05. The molecule has 1 aliphatic heterocycles. The third-order valence-corrected chi connectivity index (χ3v) is 6.43. The van der Waals surface area contributed by atoms with Gasteiger partial charge in [0.15, 0.2) is 5.78 Å². The van der Waals surface area contributed by atoms with E-state index >= 15 is 0 Å². The number of carbonyl (C=O) groups is 1. The number of benzene rings is 3. The summed E-state index contributed by atoms with van der Waals surface area (Å²) in [6.45, 7) is 2.82. The molecule has 0 aliphatic carbocycles. The van der Waals surface area contributed by atoms with Crippen molar-refractivity contribution in [3.63, 3.8) is 0 Å². The fourth-order valence-corrected chi connectivity index (χ4v) is 5.07. The zero-order chi connectivity index (χ0) is 20.3. The number of halogens is 1. The monoisotopic (exact) mass is 447 g/mol. The van der Waals surface area contributed by atoms with Gasteiger partial charge in [0.25, 0.3) is 0 Å². The normalized spacial score (nSPS) is 18.5. The van der Waals surface area contributed by atoms with E-state index in [1.807, 2.05) is 6.92 Å². The Morgan fingerprint density at radius 1 is 0.862 bits per heavy atom. The molecule has 148 valence electrons. The molecule has 3 aromatic rings. The Morgan fingerprint density at radius 2 is 1.28 bits per heavy atom.